The highest BCUT2D eigenvalue weighted by molar-refractivity contribution is 5.88. The Bertz CT molecular complexity index is 1470. The molecule has 0 saturated carbocycles. The third kappa shape index (κ3) is 3.41. The van der Waals surface area contributed by atoms with Gasteiger partial charge in [-0.2, -0.15) is 0 Å². The van der Waals surface area contributed by atoms with Crippen molar-refractivity contribution in [1.82, 2.24) is 29.9 Å². The van der Waals surface area contributed by atoms with E-state index in [-0.39, 0.29) is 5.69 Å². The largest absolute Gasteiger partial charge is 0.457 e. The van der Waals surface area contributed by atoms with Crippen molar-refractivity contribution in [2.24, 2.45) is 7.05 Å². The highest BCUT2D eigenvalue weighted by Gasteiger charge is 2.15. The Kier molecular flexibility index (Phi) is 4.74. The van der Waals surface area contributed by atoms with Crippen LogP contribution in [0.1, 0.15) is 5.56 Å². The van der Waals surface area contributed by atoms with Crippen molar-refractivity contribution < 1.29 is 9.13 Å². The second-order valence-electron chi connectivity index (χ2n) is 7.18. The van der Waals surface area contributed by atoms with Crippen LogP contribution in [0.2, 0.25) is 0 Å². The first-order chi connectivity index (χ1) is 15.5. The summed E-state index contributed by atoms with van der Waals surface area (Å²) in [5.74, 6) is 1.58. The third-order valence-electron chi connectivity index (χ3n) is 5.14. The fourth-order valence-electron chi connectivity index (χ4n) is 3.38. The molecule has 0 spiro atoms. The summed E-state index contributed by atoms with van der Waals surface area (Å²) in [6.45, 7) is 1.66. The number of nitrogens with zero attached hydrogens (tertiary/aromatic N) is 6. The van der Waals surface area contributed by atoms with Gasteiger partial charge in [-0.05, 0) is 43.3 Å². The minimum Gasteiger partial charge on any atom is -0.457 e. The SMILES string of the molecule is CNc1ccc2ncnc(Nc3ccc(Oc4ccc5c(c4)nnn5C)c(C)c3F)c2n1. The van der Waals surface area contributed by atoms with Gasteiger partial charge in [-0.15, -0.1) is 5.10 Å². The van der Waals surface area contributed by atoms with Crippen molar-refractivity contribution in [2.45, 2.75) is 6.92 Å². The Balaban J connectivity index is 1.45. The van der Waals surface area contributed by atoms with Crippen LogP contribution in [-0.4, -0.2) is 37.0 Å². The summed E-state index contributed by atoms with van der Waals surface area (Å²) in [5, 5.41) is 14.1. The molecule has 0 aliphatic heterocycles. The molecular weight excluding hydrogens is 411 g/mol. The van der Waals surface area contributed by atoms with Crippen LogP contribution < -0.4 is 15.4 Å². The van der Waals surface area contributed by atoms with Crippen molar-refractivity contribution >= 4 is 39.4 Å². The number of anilines is 3. The van der Waals surface area contributed by atoms with E-state index < -0.39 is 5.82 Å². The number of benzene rings is 2. The molecule has 0 aliphatic rings. The highest BCUT2D eigenvalue weighted by atomic mass is 19.1. The van der Waals surface area contributed by atoms with Gasteiger partial charge >= 0.3 is 0 Å². The maximum Gasteiger partial charge on any atom is 0.160 e. The molecule has 0 fully saturated rings. The first-order valence-electron chi connectivity index (χ1n) is 9.86. The monoisotopic (exact) mass is 430 g/mol. The lowest BCUT2D eigenvalue weighted by molar-refractivity contribution is 0.472. The van der Waals surface area contributed by atoms with E-state index in [0.717, 1.165) is 5.52 Å². The van der Waals surface area contributed by atoms with E-state index in [1.807, 2.05) is 25.2 Å². The first kappa shape index (κ1) is 19.6. The van der Waals surface area contributed by atoms with E-state index in [9.17, 15) is 0 Å². The second-order valence-corrected chi connectivity index (χ2v) is 7.18. The van der Waals surface area contributed by atoms with Crippen LogP contribution in [0.5, 0.6) is 11.5 Å². The van der Waals surface area contributed by atoms with Crippen LogP contribution in [0.15, 0.2) is 48.8 Å². The lowest BCUT2D eigenvalue weighted by atomic mass is 10.1. The number of pyridine rings is 1. The van der Waals surface area contributed by atoms with Crippen molar-refractivity contribution in [3.8, 4) is 11.5 Å². The third-order valence-corrected chi connectivity index (χ3v) is 5.14. The molecule has 3 heterocycles. The van der Waals surface area contributed by atoms with Gasteiger partial charge in [-0.3, -0.25) is 0 Å². The standard InChI is InChI=1S/C22H19FN8O/c1-12-18(32-13-4-7-17-16(10-13)29-30-31(17)3)8-5-14(20(12)23)27-22-21-15(25-11-26-22)6-9-19(24-2)28-21/h4-11H,1-3H3,(H,24,28)(H,25,26,27). The molecule has 5 rings (SSSR count). The number of nitrogens with one attached hydrogen (secondary N) is 2. The number of aromatic nitrogens is 6. The van der Waals surface area contributed by atoms with Gasteiger partial charge in [0.05, 0.1) is 16.7 Å². The van der Waals surface area contributed by atoms with E-state index in [2.05, 4.69) is 35.9 Å². The van der Waals surface area contributed by atoms with Crippen LogP contribution in [0.3, 0.4) is 0 Å². The zero-order valence-electron chi connectivity index (χ0n) is 17.6. The van der Waals surface area contributed by atoms with Gasteiger partial charge in [0.2, 0.25) is 0 Å². The van der Waals surface area contributed by atoms with Gasteiger partial charge < -0.3 is 15.4 Å². The molecule has 0 saturated heterocycles. The number of fused-ring (bicyclic) bond motifs is 2. The van der Waals surface area contributed by atoms with E-state index in [1.165, 1.54) is 6.33 Å². The zero-order valence-corrected chi connectivity index (χ0v) is 17.6. The number of aryl methyl sites for hydroxylation is 1. The summed E-state index contributed by atoms with van der Waals surface area (Å²) in [6, 6.07) is 12.4. The Labute approximate surface area is 182 Å². The number of hydrogen-bond donors (Lipinski definition) is 2. The molecule has 2 aromatic carbocycles. The van der Waals surface area contributed by atoms with Gasteiger partial charge in [0.25, 0.3) is 0 Å². The van der Waals surface area contributed by atoms with Gasteiger partial charge in [-0.25, -0.2) is 24.0 Å². The Hall–Kier alpha value is -4.34. The summed E-state index contributed by atoms with van der Waals surface area (Å²) in [6.07, 6.45) is 1.41. The van der Waals surface area contributed by atoms with Gasteiger partial charge in [0, 0.05) is 25.7 Å². The number of hydrogen-bond acceptors (Lipinski definition) is 8. The summed E-state index contributed by atoms with van der Waals surface area (Å²) in [4.78, 5) is 12.9. The van der Waals surface area contributed by atoms with Crippen LogP contribution in [-0.2, 0) is 7.05 Å². The lowest BCUT2D eigenvalue weighted by Gasteiger charge is -2.14. The molecule has 10 heteroatoms. The second kappa shape index (κ2) is 7.73. The lowest BCUT2D eigenvalue weighted by Crippen LogP contribution is -2.02. The Morgan fingerprint density at radius 2 is 1.91 bits per heavy atom. The van der Waals surface area contributed by atoms with Gasteiger partial charge in [0.15, 0.2) is 11.6 Å². The van der Waals surface area contributed by atoms with E-state index in [4.69, 9.17) is 4.74 Å². The summed E-state index contributed by atoms with van der Waals surface area (Å²) in [7, 11) is 3.59. The molecule has 0 unspecified atom stereocenters. The zero-order chi connectivity index (χ0) is 22.2. The normalized spacial score (nSPS) is 11.1. The average Bonchev–Trinajstić information content (AvgIpc) is 3.18. The molecule has 0 aliphatic carbocycles. The fourth-order valence-corrected chi connectivity index (χ4v) is 3.38. The van der Waals surface area contributed by atoms with Crippen molar-refractivity contribution in [3.05, 3.63) is 60.2 Å². The van der Waals surface area contributed by atoms with Crippen LogP contribution in [0.4, 0.5) is 21.7 Å². The molecule has 0 bridgehead atoms. The molecule has 2 N–H and O–H groups in total. The summed E-state index contributed by atoms with van der Waals surface area (Å²) in [5.41, 5.74) is 3.39. The van der Waals surface area contributed by atoms with Crippen molar-refractivity contribution in [3.63, 3.8) is 0 Å². The maximum atomic E-state index is 15.2. The maximum absolute atomic E-state index is 15.2. The quantitative estimate of drug-likeness (QED) is 0.425. The topological polar surface area (TPSA) is 103 Å². The summed E-state index contributed by atoms with van der Waals surface area (Å²) < 4.78 is 22.8. The molecule has 5 aromatic rings. The predicted molar refractivity (Wildman–Crippen MR) is 120 cm³/mol. The number of halogens is 1. The molecule has 0 atom stereocenters. The Morgan fingerprint density at radius 3 is 2.75 bits per heavy atom. The van der Waals surface area contributed by atoms with Gasteiger partial charge in [0.1, 0.15) is 34.7 Å². The van der Waals surface area contributed by atoms with Gasteiger partial charge in [-0.1, -0.05) is 5.21 Å². The number of ether oxygens (including phenoxy) is 1. The average molecular weight is 430 g/mol. The predicted octanol–water partition coefficient (Wildman–Crippen LogP) is 4.33. The van der Waals surface area contributed by atoms with E-state index in [1.54, 1.807) is 42.9 Å². The molecule has 9 nitrogen and oxygen atoms in total. The number of rotatable bonds is 5. The van der Waals surface area contributed by atoms with Crippen molar-refractivity contribution in [1.29, 1.82) is 0 Å². The molecule has 160 valence electrons. The van der Waals surface area contributed by atoms with Crippen LogP contribution >= 0.6 is 0 Å². The minimum atomic E-state index is -0.445. The van der Waals surface area contributed by atoms with Crippen molar-refractivity contribution in [2.75, 3.05) is 17.7 Å². The molecule has 0 amide bonds. The fraction of sp³-hybridized carbons (Fsp3) is 0.136. The molecule has 0 radical (unpaired) electrons. The highest BCUT2D eigenvalue weighted by Crippen LogP contribution is 2.33. The van der Waals surface area contributed by atoms with E-state index >= 15 is 4.39 Å². The smallest absolute Gasteiger partial charge is 0.160 e. The molecule has 3 aromatic heterocycles. The molecule has 32 heavy (non-hydrogen) atoms. The van der Waals surface area contributed by atoms with Crippen LogP contribution in [0, 0.1) is 12.7 Å². The van der Waals surface area contributed by atoms with Crippen LogP contribution in [0.25, 0.3) is 22.1 Å². The first-order valence-corrected chi connectivity index (χ1v) is 9.86. The minimum absolute atomic E-state index is 0.260. The summed E-state index contributed by atoms with van der Waals surface area (Å²) >= 11 is 0. The Morgan fingerprint density at radius 1 is 1.03 bits per heavy atom. The molecular formula is C22H19FN8O. The van der Waals surface area contributed by atoms with E-state index in [0.29, 0.717) is 45.2 Å².